The lowest BCUT2D eigenvalue weighted by Crippen LogP contribution is -2.10. The molecule has 0 saturated heterocycles. The maximum atomic E-state index is 5.99. The van der Waals surface area contributed by atoms with E-state index in [9.17, 15) is 0 Å². The number of hydrogen-bond donors (Lipinski definition) is 2. The molecule has 20 heavy (non-hydrogen) atoms. The van der Waals surface area contributed by atoms with E-state index in [4.69, 9.17) is 10.5 Å². The van der Waals surface area contributed by atoms with Gasteiger partial charge in [0.1, 0.15) is 0 Å². The van der Waals surface area contributed by atoms with Gasteiger partial charge in [0, 0.05) is 34.9 Å². The number of rotatable bonds is 7. The predicted octanol–water partition coefficient (Wildman–Crippen LogP) is 3.81. The van der Waals surface area contributed by atoms with E-state index in [2.05, 4.69) is 33.2 Å². The van der Waals surface area contributed by atoms with Crippen LogP contribution < -0.4 is 11.1 Å². The first-order chi connectivity index (χ1) is 9.72. The van der Waals surface area contributed by atoms with Crippen molar-refractivity contribution in [1.29, 1.82) is 0 Å². The van der Waals surface area contributed by atoms with Gasteiger partial charge in [0.25, 0.3) is 0 Å². The van der Waals surface area contributed by atoms with Gasteiger partial charge in [0.15, 0.2) is 0 Å². The van der Waals surface area contributed by atoms with E-state index in [0.29, 0.717) is 6.61 Å². The number of pyridine rings is 1. The molecule has 0 atom stereocenters. The summed E-state index contributed by atoms with van der Waals surface area (Å²) in [5.74, 6) is 0. The minimum atomic E-state index is 0.697. The molecule has 0 fully saturated rings. The average molecular weight is 338 g/mol. The van der Waals surface area contributed by atoms with E-state index >= 15 is 0 Å². The van der Waals surface area contributed by atoms with Gasteiger partial charge in [-0.3, -0.25) is 4.98 Å². The number of nitrogens with zero attached hydrogens (tertiary/aromatic N) is 1. The molecule has 0 unspecified atom stereocenters. The Hall–Kier alpha value is -1.33. The molecule has 4 nitrogen and oxygen atoms in total. The Morgan fingerprint density at radius 2 is 2.20 bits per heavy atom. The van der Waals surface area contributed by atoms with E-state index < -0.39 is 0 Å². The van der Waals surface area contributed by atoms with Crippen molar-refractivity contribution in [1.82, 2.24) is 4.98 Å². The molecule has 0 aliphatic rings. The normalized spacial score (nSPS) is 10.9. The summed E-state index contributed by atoms with van der Waals surface area (Å²) in [7, 11) is 0. The number of nitrogens with one attached hydrogen (secondary N) is 1. The molecule has 0 radical (unpaired) electrons. The van der Waals surface area contributed by atoms with Crippen LogP contribution in [-0.2, 0) is 4.74 Å². The molecule has 1 aromatic heterocycles. The first-order valence-electron chi connectivity index (χ1n) is 6.87. The Morgan fingerprint density at radius 1 is 1.35 bits per heavy atom. The zero-order chi connectivity index (χ0) is 14.4. The Balaban J connectivity index is 2.02. The minimum Gasteiger partial charge on any atom is -0.398 e. The Labute approximate surface area is 127 Å². The van der Waals surface area contributed by atoms with Gasteiger partial charge in [-0.1, -0.05) is 13.3 Å². The number of nitrogen functional groups attached to an aromatic ring is 1. The van der Waals surface area contributed by atoms with Crippen molar-refractivity contribution in [3.8, 4) is 0 Å². The fourth-order valence-corrected chi connectivity index (χ4v) is 2.30. The van der Waals surface area contributed by atoms with Crippen LogP contribution in [0, 0.1) is 0 Å². The SMILES string of the molecule is CCCCOCCNc1ccc(N)c2cc(Br)cnc12. The Kier molecular flexibility index (Phi) is 5.61. The van der Waals surface area contributed by atoms with Crippen LogP contribution in [0.25, 0.3) is 10.9 Å². The van der Waals surface area contributed by atoms with Crippen LogP contribution in [0.1, 0.15) is 19.8 Å². The summed E-state index contributed by atoms with van der Waals surface area (Å²) in [5, 5.41) is 4.31. The van der Waals surface area contributed by atoms with Gasteiger partial charge >= 0.3 is 0 Å². The molecule has 0 saturated carbocycles. The van der Waals surface area contributed by atoms with Gasteiger partial charge in [-0.15, -0.1) is 0 Å². The number of halogens is 1. The number of nitrogens with two attached hydrogens (primary N) is 1. The fraction of sp³-hybridized carbons (Fsp3) is 0.400. The Bertz CT molecular complexity index is 574. The fourth-order valence-electron chi connectivity index (χ4n) is 1.96. The summed E-state index contributed by atoms with van der Waals surface area (Å²) in [6, 6.07) is 5.85. The van der Waals surface area contributed by atoms with Gasteiger partial charge in [-0.2, -0.15) is 0 Å². The van der Waals surface area contributed by atoms with Crippen LogP contribution in [0.4, 0.5) is 11.4 Å². The molecule has 1 heterocycles. The topological polar surface area (TPSA) is 60.2 Å². The monoisotopic (exact) mass is 337 g/mol. The second-order valence-corrected chi connectivity index (χ2v) is 5.56. The highest BCUT2D eigenvalue weighted by atomic mass is 79.9. The number of anilines is 2. The maximum Gasteiger partial charge on any atom is 0.0954 e. The number of fused-ring (bicyclic) bond motifs is 1. The van der Waals surface area contributed by atoms with Gasteiger partial charge in [0.2, 0.25) is 0 Å². The lowest BCUT2D eigenvalue weighted by atomic mass is 10.1. The van der Waals surface area contributed by atoms with Crippen LogP contribution in [0.2, 0.25) is 0 Å². The molecule has 0 aliphatic carbocycles. The molecule has 0 spiro atoms. The van der Waals surface area contributed by atoms with Crippen molar-refractivity contribution in [2.24, 2.45) is 0 Å². The number of unbranched alkanes of at least 4 members (excludes halogenated alkanes) is 1. The van der Waals surface area contributed by atoms with Crippen LogP contribution in [0.5, 0.6) is 0 Å². The third-order valence-electron chi connectivity index (χ3n) is 3.05. The summed E-state index contributed by atoms with van der Waals surface area (Å²) in [6.45, 7) is 4.45. The highest BCUT2D eigenvalue weighted by molar-refractivity contribution is 9.10. The smallest absolute Gasteiger partial charge is 0.0954 e. The number of benzene rings is 1. The highest BCUT2D eigenvalue weighted by Gasteiger charge is 2.05. The average Bonchev–Trinajstić information content (AvgIpc) is 2.45. The van der Waals surface area contributed by atoms with E-state index in [0.717, 1.165) is 52.7 Å². The van der Waals surface area contributed by atoms with Crippen molar-refractivity contribution in [3.05, 3.63) is 28.9 Å². The highest BCUT2D eigenvalue weighted by Crippen LogP contribution is 2.28. The van der Waals surface area contributed by atoms with Gasteiger partial charge < -0.3 is 15.8 Å². The molecule has 0 amide bonds. The van der Waals surface area contributed by atoms with Crippen molar-refractivity contribution >= 4 is 38.2 Å². The summed E-state index contributed by atoms with van der Waals surface area (Å²) in [4.78, 5) is 4.44. The number of ether oxygens (including phenoxy) is 1. The van der Waals surface area contributed by atoms with E-state index in [-0.39, 0.29) is 0 Å². The number of hydrogen-bond acceptors (Lipinski definition) is 4. The van der Waals surface area contributed by atoms with Crippen molar-refractivity contribution < 1.29 is 4.74 Å². The zero-order valence-electron chi connectivity index (χ0n) is 11.7. The van der Waals surface area contributed by atoms with E-state index in [1.54, 1.807) is 6.20 Å². The summed E-state index contributed by atoms with van der Waals surface area (Å²) >= 11 is 3.42. The third-order valence-corrected chi connectivity index (χ3v) is 3.49. The number of aromatic nitrogens is 1. The van der Waals surface area contributed by atoms with Gasteiger partial charge in [-0.05, 0) is 40.5 Å². The lowest BCUT2D eigenvalue weighted by Gasteiger charge is -2.11. The summed E-state index contributed by atoms with van der Waals surface area (Å²) < 4.78 is 6.46. The maximum absolute atomic E-state index is 5.99. The second kappa shape index (κ2) is 7.45. The molecule has 108 valence electrons. The second-order valence-electron chi connectivity index (χ2n) is 4.64. The molecular weight excluding hydrogens is 318 g/mol. The van der Waals surface area contributed by atoms with Crippen LogP contribution >= 0.6 is 15.9 Å². The first-order valence-corrected chi connectivity index (χ1v) is 7.67. The van der Waals surface area contributed by atoms with Gasteiger partial charge in [0.05, 0.1) is 17.8 Å². The first kappa shape index (κ1) is 15.1. The van der Waals surface area contributed by atoms with Gasteiger partial charge in [-0.25, -0.2) is 0 Å². The predicted molar refractivity (Wildman–Crippen MR) is 88.1 cm³/mol. The molecule has 0 aliphatic heterocycles. The van der Waals surface area contributed by atoms with Crippen LogP contribution in [0.3, 0.4) is 0 Å². The standard InChI is InChI=1S/C15H20BrN3O/c1-2-3-7-20-8-6-18-14-5-4-13(17)12-9-11(16)10-19-15(12)14/h4-5,9-10,18H,2-3,6-8,17H2,1H3. The zero-order valence-corrected chi connectivity index (χ0v) is 13.2. The molecule has 1 aromatic carbocycles. The van der Waals surface area contributed by atoms with Crippen LogP contribution in [0.15, 0.2) is 28.9 Å². The molecule has 2 aromatic rings. The van der Waals surface area contributed by atoms with E-state index in [1.807, 2.05) is 18.2 Å². The molecule has 0 bridgehead atoms. The molecule has 2 rings (SSSR count). The van der Waals surface area contributed by atoms with Crippen molar-refractivity contribution in [3.63, 3.8) is 0 Å². The largest absolute Gasteiger partial charge is 0.398 e. The van der Waals surface area contributed by atoms with E-state index in [1.165, 1.54) is 0 Å². The Morgan fingerprint density at radius 3 is 3.00 bits per heavy atom. The van der Waals surface area contributed by atoms with Crippen molar-refractivity contribution in [2.45, 2.75) is 19.8 Å². The minimum absolute atomic E-state index is 0.697. The molecule has 3 N–H and O–H groups in total. The molecular formula is C15H20BrN3O. The van der Waals surface area contributed by atoms with Crippen molar-refractivity contribution in [2.75, 3.05) is 30.8 Å². The third kappa shape index (κ3) is 3.84. The molecule has 5 heteroatoms. The summed E-state index contributed by atoms with van der Waals surface area (Å²) in [6.07, 6.45) is 4.06. The quantitative estimate of drug-likeness (QED) is 0.595. The lowest BCUT2D eigenvalue weighted by molar-refractivity contribution is 0.141. The van der Waals surface area contributed by atoms with Crippen LogP contribution in [-0.4, -0.2) is 24.7 Å². The summed E-state index contributed by atoms with van der Waals surface area (Å²) in [5.41, 5.74) is 8.60.